The Labute approximate surface area is 211 Å². The molecular weight excluding hydrogens is 473 g/mol. The van der Waals surface area contributed by atoms with E-state index in [2.05, 4.69) is 5.32 Å². The number of esters is 1. The highest BCUT2D eigenvalue weighted by Crippen LogP contribution is 2.51. The first-order valence-corrected chi connectivity index (χ1v) is 12.4. The van der Waals surface area contributed by atoms with E-state index in [9.17, 15) is 14.7 Å². The molecule has 0 bridgehead atoms. The minimum absolute atomic E-state index is 0.0678. The highest BCUT2D eigenvalue weighted by atomic mass is 35.5. The van der Waals surface area contributed by atoms with Crippen molar-refractivity contribution in [2.45, 2.75) is 64.5 Å². The second-order valence-corrected chi connectivity index (χ2v) is 11.1. The lowest BCUT2D eigenvalue weighted by molar-refractivity contribution is -0.164. The van der Waals surface area contributed by atoms with Crippen LogP contribution in [-0.4, -0.2) is 29.2 Å². The van der Waals surface area contributed by atoms with Crippen LogP contribution in [0.1, 0.15) is 70.0 Å². The third-order valence-electron chi connectivity index (χ3n) is 6.62. The van der Waals surface area contributed by atoms with Gasteiger partial charge in [-0.1, -0.05) is 54.4 Å². The lowest BCUT2D eigenvalue weighted by atomic mass is 9.61. The van der Waals surface area contributed by atoms with Crippen molar-refractivity contribution in [1.82, 2.24) is 5.32 Å². The molecule has 0 radical (unpaired) electrons. The van der Waals surface area contributed by atoms with Crippen LogP contribution in [0.2, 0.25) is 10.0 Å². The van der Waals surface area contributed by atoms with E-state index in [0.717, 1.165) is 11.1 Å². The van der Waals surface area contributed by atoms with Gasteiger partial charge < -0.3 is 15.2 Å². The molecule has 1 aliphatic heterocycles. The molecule has 0 saturated carbocycles. The molecule has 0 aromatic heterocycles. The van der Waals surface area contributed by atoms with Crippen molar-refractivity contribution in [2.75, 3.05) is 6.61 Å². The summed E-state index contributed by atoms with van der Waals surface area (Å²) in [7, 11) is 0. The molecule has 0 spiro atoms. The Kier molecular flexibility index (Phi) is 8.33. The number of piperidine rings is 1. The molecule has 2 aromatic carbocycles. The van der Waals surface area contributed by atoms with Crippen LogP contribution in [0, 0.1) is 11.3 Å². The van der Waals surface area contributed by atoms with Crippen molar-refractivity contribution in [1.29, 1.82) is 0 Å². The molecule has 1 aliphatic rings. The average Bonchev–Trinajstić information content (AvgIpc) is 2.74. The Morgan fingerprint density at radius 3 is 2.41 bits per heavy atom. The highest BCUT2D eigenvalue weighted by molar-refractivity contribution is 6.30. The number of halogens is 2. The van der Waals surface area contributed by atoms with Crippen LogP contribution >= 0.6 is 23.2 Å². The van der Waals surface area contributed by atoms with E-state index in [1.165, 1.54) is 0 Å². The molecule has 2 N–H and O–H groups in total. The second kappa shape index (κ2) is 10.7. The minimum atomic E-state index is -1.04. The first kappa shape index (κ1) is 26.5. The summed E-state index contributed by atoms with van der Waals surface area (Å²) < 4.78 is 5.61. The van der Waals surface area contributed by atoms with Gasteiger partial charge in [-0.2, -0.15) is 0 Å². The minimum Gasteiger partial charge on any atom is -0.460 e. The fourth-order valence-electron chi connectivity index (χ4n) is 4.88. The molecule has 1 amide bonds. The molecule has 0 unspecified atom stereocenters. The van der Waals surface area contributed by atoms with Gasteiger partial charge in [0.15, 0.2) is 0 Å². The maximum Gasteiger partial charge on any atom is 0.307 e. The zero-order valence-electron chi connectivity index (χ0n) is 20.1. The highest BCUT2D eigenvalue weighted by Gasteiger charge is 2.52. The average molecular weight is 506 g/mol. The van der Waals surface area contributed by atoms with Gasteiger partial charge in [0.25, 0.3) is 0 Å². The fraction of sp³-hybridized carbons (Fsp3) is 0.481. The van der Waals surface area contributed by atoms with Crippen molar-refractivity contribution in [3.05, 3.63) is 69.7 Å². The molecular formula is C27H33Cl2NO4. The Morgan fingerprint density at radius 1 is 1.15 bits per heavy atom. The van der Waals surface area contributed by atoms with Crippen molar-refractivity contribution in [2.24, 2.45) is 11.3 Å². The van der Waals surface area contributed by atoms with Gasteiger partial charge in [0.2, 0.25) is 5.91 Å². The quantitative estimate of drug-likeness (QED) is 0.447. The molecule has 3 rings (SSSR count). The van der Waals surface area contributed by atoms with Gasteiger partial charge in [0.1, 0.15) is 5.60 Å². The summed E-state index contributed by atoms with van der Waals surface area (Å²) in [5.41, 5.74) is 0.184. The predicted octanol–water partition coefficient (Wildman–Crippen LogP) is 6.07. The number of carbonyl (C=O) groups is 2. The van der Waals surface area contributed by atoms with E-state index in [0.29, 0.717) is 22.9 Å². The summed E-state index contributed by atoms with van der Waals surface area (Å²) in [5, 5.41) is 14.1. The van der Waals surface area contributed by atoms with Gasteiger partial charge in [-0.25, -0.2) is 0 Å². The van der Waals surface area contributed by atoms with Crippen molar-refractivity contribution >= 4 is 35.1 Å². The van der Waals surface area contributed by atoms with Gasteiger partial charge in [-0.15, -0.1) is 0 Å². The monoisotopic (exact) mass is 505 g/mol. The zero-order chi connectivity index (χ0) is 25.1. The standard InChI is InChI=1S/C27H33Cl2NO4/c1-17(12-13-31)27(16-23(32)34-26(2,3)4)15-22(19-6-5-7-21(29)14-19)24(30-25(27)33)18-8-10-20(28)11-9-18/h5-11,14,17,22,24,31H,12-13,15-16H2,1-4H3,(H,30,33)/t17-,22+,24+,27+/m0/s1. The number of hydrogen-bond acceptors (Lipinski definition) is 4. The van der Waals surface area contributed by atoms with E-state index in [-0.39, 0.29) is 36.8 Å². The van der Waals surface area contributed by atoms with Crippen LogP contribution in [0.3, 0.4) is 0 Å². The number of carbonyl (C=O) groups excluding carboxylic acids is 2. The molecule has 0 aliphatic carbocycles. The molecule has 1 fully saturated rings. The third-order valence-corrected chi connectivity index (χ3v) is 7.10. The summed E-state index contributed by atoms with van der Waals surface area (Å²) in [6.07, 6.45) is 0.735. The molecule has 4 atom stereocenters. The first-order valence-electron chi connectivity index (χ1n) is 11.6. The largest absolute Gasteiger partial charge is 0.460 e. The lowest BCUT2D eigenvalue weighted by Gasteiger charge is -2.47. The van der Waals surface area contributed by atoms with Gasteiger partial charge in [-0.3, -0.25) is 9.59 Å². The van der Waals surface area contributed by atoms with E-state index in [1.807, 2.05) is 43.3 Å². The van der Waals surface area contributed by atoms with E-state index >= 15 is 0 Å². The van der Waals surface area contributed by atoms with Crippen molar-refractivity contribution in [3.8, 4) is 0 Å². The van der Waals surface area contributed by atoms with Crippen LogP contribution in [0.5, 0.6) is 0 Å². The molecule has 7 heteroatoms. The number of aliphatic hydroxyl groups is 1. The number of rotatable bonds is 7. The fourth-order valence-corrected chi connectivity index (χ4v) is 5.20. The smallest absolute Gasteiger partial charge is 0.307 e. The van der Waals surface area contributed by atoms with Crippen LogP contribution in [-0.2, 0) is 14.3 Å². The molecule has 5 nitrogen and oxygen atoms in total. The predicted molar refractivity (Wildman–Crippen MR) is 135 cm³/mol. The van der Waals surface area contributed by atoms with Gasteiger partial charge in [0, 0.05) is 22.6 Å². The summed E-state index contributed by atoms with van der Waals surface area (Å²) >= 11 is 12.4. The van der Waals surface area contributed by atoms with Crippen LogP contribution < -0.4 is 5.32 Å². The Balaban J connectivity index is 2.07. The van der Waals surface area contributed by atoms with Gasteiger partial charge >= 0.3 is 5.97 Å². The van der Waals surface area contributed by atoms with Crippen molar-refractivity contribution in [3.63, 3.8) is 0 Å². The summed E-state index contributed by atoms with van der Waals surface area (Å²) in [4.78, 5) is 26.7. The van der Waals surface area contributed by atoms with Gasteiger partial charge in [-0.05, 0) is 74.9 Å². The summed E-state index contributed by atoms with van der Waals surface area (Å²) in [6.45, 7) is 7.26. The normalized spacial score (nSPS) is 23.8. The van der Waals surface area contributed by atoms with E-state index in [4.69, 9.17) is 27.9 Å². The number of benzene rings is 2. The van der Waals surface area contributed by atoms with Crippen LogP contribution in [0.4, 0.5) is 0 Å². The number of ether oxygens (including phenoxy) is 1. The van der Waals surface area contributed by atoms with Crippen LogP contribution in [0.15, 0.2) is 48.5 Å². The maximum atomic E-state index is 13.8. The van der Waals surface area contributed by atoms with E-state index < -0.39 is 17.0 Å². The Hall–Kier alpha value is -2.08. The van der Waals surface area contributed by atoms with Crippen molar-refractivity contribution < 1.29 is 19.4 Å². The van der Waals surface area contributed by atoms with Crippen LogP contribution in [0.25, 0.3) is 0 Å². The number of aliphatic hydroxyl groups excluding tert-OH is 1. The number of nitrogens with one attached hydrogen (secondary N) is 1. The molecule has 1 heterocycles. The molecule has 2 aromatic rings. The lowest BCUT2D eigenvalue weighted by Crippen LogP contribution is -2.54. The third kappa shape index (κ3) is 6.12. The molecule has 184 valence electrons. The summed E-state index contributed by atoms with van der Waals surface area (Å²) in [5.74, 6) is -1.04. The van der Waals surface area contributed by atoms with Gasteiger partial charge in [0.05, 0.1) is 17.9 Å². The molecule has 34 heavy (non-hydrogen) atoms. The number of hydrogen-bond donors (Lipinski definition) is 2. The topological polar surface area (TPSA) is 75.6 Å². The second-order valence-electron chi connectivity index (χ2n) is 10.2. The SMILES string of the molecule is C[C@@H](CCO)[C@]1(CC(=O)OC(C)(C)C)C[C@H](c2cccc(Cl)c2)[C@@H](c2ccc(Cl)cc2)NC1=O. The maximum absolute atomic E-state index is 13.8. The number of amides is 1. The Bertz CT molecular complexity index is 1020. The van der Waals surface area contributed by atoms with E-state index in [1.54, 1.807) is 32.9 Å². The molecule has 1 saturated heterocycles. The zero-order valence-corrected chi connectivity index (χ0v) is 21.6. The summed E-state index contributed by atoms with van der Waals surface area (Å²) in [6, 6.07) is 14.7. The first-order chi connectivity index (χ1) is 15.9. The Morgan fingerprint density at radius 2 is 1.82 bits per heavy atom.